The minimum absolute atomic E-state index is 0.111. The van der Waals surface area contributed by atoms with E-state index in [-0.39, 0.29) is 17.2 Å². The minimum atomic E-state index is -0.211. The van der Waals surface area contributed by atoms with Crippen LogP contribution in [0.25, 0.3) is 0 Å². The fourth-order valence-electron chi connectivity index (χ4n) is 2.68. The van der Waals surface area contributed by atoms with Gasteiger partial charge in [0.05, 0.1) is 28.9 Å². The van der Waals surface area contributed by atoms with Crippen LogP contribution in [0.2, 0.25) is 0 Å². The Kier molecular flexibility index (Phi) is 3.63. The number of nitriles is 1. The molecule has 1 aliphatic rings. The zero-order chi connectivity index (χ0) is 14.3. The normalized spacial score (nSPS) is 23.9. The van der Waals surface area contributed by atoms with Crippen LogP contribution in [0.15, 0.2) is 22.7 Å². The van der Waals surface area contributed by atoms with Crippen LogP contribution in [-0.4, -0.2) is 17.2 Å². The average Bonchev–Trinajstić information content (AvgIpc) is 2.49. The molecular weight excluding hydrogens is 304 g/mol. The van der Waals surface area contributed by atoms with Crippen molar-refractivity contribution in [2.75, 3.05) is 5.32 Å². The van der Waals surface area contributed by atoms with E-state index in [9.17, 15) is 0 Å². The summed E-state index contributed by atoms with van der Waals surface area (Å²) in [6.07, 6.45) is 0.951. The number of nitrogens with zero attached hydrogens (tertiary/aromatic N) is 1. The molecule has 1 N–H and O–H groups in total. The van der Waals surface area contributed by atoms with Crippen molar-refractivity contribution in [2.24, 2.45) is 0 Å². The Labute approximate surface area is 123 Å². The molecule has 3 nitrogen and oxygen atoms in total. The van der Waals surface area contributed by atoms with Crippen LogP contribution in [0, 0.1) is 11.3 Å². The molecule has 0 spiro atoms. The summed E-state index contributed by atoms with van der Waals surface area (Å²) in [6.45, 7) is 8.45. The number of nitrogens with one attached hydrogen (secondary N) is 1. The maximum absolute atomic E-state index is 8.88. The van der Waals surface area contributed by atoms with Gasteiger partial charge in [0.15, 0.2) is 0 Å². The number of rotatable bonds is 2. The van der Waals surface area contributed by atoms with Gasteiger partial charge in [-0.1, -0.05) is 0 Å². The topological polar surface area (TPSA) is 45.0 Å². The highest BCUT2D eigenvalue weighted by atomic mass is 79.9. The molecule has 19 heavy (non-hydrogen) atoms. The van der Waals surface area contributed by atoms with Crippen molar-refractivity contribution < 1.29 is 4.74 Å². The number of ether oxygens (including phenoxy) is 1. The van der Waals surface area contributed by atoms with Crippen LogP contribution >= 0.6 is 15.9 Å². The van der Waals surface area contributed by atoms with E-state index < -0.39 is 0 Å². The Morgan fingerprint density at radius 3 is 2.53 bits per heavy atom. The maximum Gasteiger partial charge on any atom is 0.0992 e. The summed E-state index contributed by atoms with van der Waals surface area (Å²) in [4.78, 5) is 0. The van der Waals surface area contributed by atoms with Gasteiger partial charge >= 0.3 is 0 Å². The quantitative estimate of drug-likeness (QED) is 0.892. The molecule has 1 unspecified atom stereocenters. The number of benzene rings is 1. The first-order chi connectivity index (χ1) is 8.73. The third kappa shape index (κ3) is 3.10. The Bertz CT molecular complexity index is 531. The molecule has 1 atom stereocenters. The zero-order valence-electron chi connectivity index (χ0n) is 11.7. The summed E-state index contributed by atoms with van der Waals surface area (Å²) in [7, 11) is 0. The van der Waals surface area contributed by atoms with Gasteiger partial charge in [-0.25, -0.2) is 0 Å². The standard InChI is InChI=1S/C15H19BrN2O/c1-14(2)8-13(15(3,4)19-14)18-12-6-5-10(9-17)7-11(12)16/h5-7,13,18H,8H2,1-4H3. The smallest absolute Gasteiger partial charge is 0.0992 e. The average molecular weight is 323 g/mol. The molecule has 1 saturated heterocycles. The maximum atomic E-state index is 8.88. The van der Waals surface area contributed by atoms with Crippen molar-refractivity contribution in [1.82, 2.24) is 0 Å². The largest absolute Gasteiger partial charge is 0.378 e. The van der Waals surface area contributed by atoms with Gasteiger partial charge in [0, 0.05) is 10.2 Å². The van der Waals surface area contributed by atoms with Crippen LogP contribution in [0.4, 0.5) is 5.69 Å². The molecule has 0 bridgehead atoms. The van der Waals surface area contributed by atoms with Gasteiger partial charge < -0.3 is 10.1 Å². The van der Waals surface area contributed by atoms with Crippen molar-refractivity contribution in [3.63, 3.8) is 0 Å². The van der Waals surface area contributed by atoms with E-state index >= 15 is 0 Å². The fourth-order valence-corrected chi connectivity index (χ4v) is 3.17. The predicted octanol–water partition coefficient (Wildman–Crippen LogP) is 4.08. The van der Waals surface area contributed by atoms with Crippen molar-refractivity contribution in [2.45, 2.75) is 51.4 Å². The second kappa shape index (κ2) is 4.81. The molecule has 1 aliphatic heterocycles. The van der Waals surface area contributed by atoms with Crippen molar-refractivity contribution in [3.8, 4) is 6.07 Å². The van der Waals surface area contributed by atoms with Crippen molar-refractivity contribution in [3.05, 3.63) is 28.2 Å². The lowest BCUT2D eigenvalue weighted by molar-refractivity contribution is -0.0662. The molecule has 102 valence electrons. The molecule has 1 heterocycles. The van der Waals surface area contributed by atoms with Gasteiger partial charge in [0.1, 0.15) is 0 Å². The van der Waals surface area contributed by atoms with E-state index in [1.807, 2.05) is 18.2 Å². The van der Waals surface area contributed by atoms with Crippen LogP contribution < -0.4 is 5.32 Å². The summed E-state index contributed by atoms with van der Waals surface area (Å²) in [5.41, 5.74) is 1.33. The number of halogens is 1. The van der Waals surface area contributed by atoms with E-state index in [1.165, 1.54) is 0 Å². The fraction of sp³-hybridized carbons (Fsp3) is 0.533. The van der Waals surface area contributed by atoms with Gasteiger partial charge in [-0.3, -0.25) is 0 Å². The molecule has 1 aromatic rings. The third-order valence-corrected chi connectivity index (χ3v) is 4.16. The SMILES string of the molecule is CC1(C)CC(Nc2ccc(C#N)cc2Br)C(C)(C)O1. The number of hydrogen-bond acceptors (Lipinski definition) is 3. The molecule has 1 aromatic carbocycles. The van der Waals surface area contributed by atoms with Crippen molar-refractivity contribution >= 4 is 21.6 Å². The molecule has 0 aromatic heterocycles. The lowest BCUT2D eigenvalue weighted by atomic mass is 9.94. The Morgan fingerprint density at radius 1 is 1.37 bits per heavy atom. The highest BCUT2D eigenvalue weighted by Gasteiger charge is 2.45. The predicted molar refractivity (Wildman–Crippen MR) is 80.1 cm³/mol. The third-order valence-electron chi connectivity index (χ3n) is 3.50. The summed E-state index contributed by atoms with van der Waals surface area (Å²) in [5.74, 6) is 0. The van der Waals surface area contributed by atoms with Crippen molar-refractivity contribution in [1.29, 1.82) is 5.26 Å². The van der Waals surface area contributed by atoms with Crippen LogP contribution in [-0.2, 0) is 4.74 Å². The second-order valence-electron chi connectivity index (χ2n) is 6.17. The second-order valence-corrected chi connectivity index (χ2v) is 7.03. The molecule has 0 saturated carbocycles. The molecule has 0 amide bonds. The Morgan fingerprint density at radius 2 is 2.05 bits per heavy atom. The monoisotopic (exact) mass is 322 g/mol. The lowest BCUT2D eigenvalue weighted by Gasteiger charge is -2.28. The van der Waals surface area contributed by atoms with Gasteiger partial charge in [0.25, 0.3) is 0 Å². The highest BCUT2D eigenvalue weighted by Crippen LogP contribution is 2.39. The molecule has 4 heteroatoms. The van der Waals surface area contributed by atoms with Gasteiger partial charge in [-0.15, -0.1) is 0 Å². The van der Waals surface area contributed by atoms with Crippen LogP contribution in [0.3, 0.4) is 0 Å². The van der Waals surface area contributed by atoms with E-state index in [4.69, 9.17) is 10.00 Å². The molecule has 0 aliphatic carbocycles. The summed E-state index contributed by atoms with van der Waals surface area (Å²) >= 11 is 3.51. The van der Waals surface area contributed by atoms with Gasteiger partial charge in [-0.2, -0.15) is 5.26 Å². The summed E-state index contributed by atoms with van der Waals surface area (Å²) in [6, 6.07) is 7.96. The minimum Gasteiger partial charge on any atom is -0.378 e. The van der Waals surface area contributed by atoms with E-state index in [1.54, 1.807) is 0 Å². The highest BCUT2D eigenvalue weighted by molar-refractivity contribution is 9.10. The zero-order valence-corrected chi connectivity index (χ0v) is 13.3. The Balaban J connectivity index is 2.20. The summed E-state index contributed by atoms with van der Waals surface area (Å²) < 4.78 is 6.98. The number of anilines is 1. The van der Waals surface area contributed by atoms with E-state index in [2.05, 4.69) is 55.0 Å². The molecule has 0 radical (unpaired) electrons. The van der Waals surface area contributed by atoms with Crippen LogP contribution in [0.5, 0.6) is 0 Å². The van der Waals surface area contributed by atoms with E-state index in [0.717, 1.165) is 16.6 Å². The van der Waals surface area contributed by atoms with Gasteiger partial charge in [-0.05, 0) is 68.2 Å². The first-order valence-electron chi connectivity index (χ1n) is 6.40. The Hall–Kier alpha value is -1.05. The molecular formula is C15H19BrN2O. The summed E-state index contributed by atoms with van der Waals surface area (Å²) in [5, 5.41) is 12.4. The lowest BCUT2D eigenvalue weighted by Crippen LogP contribution is -2.38. The molecule has 1 fully saturated rings. The van der Waals surface area contributed by atoms with Crippen LogP contribution in [0.1, 0.15) is 39.7 Å². The van der Waals surface area contributed by atoms with Gasteiger partial charge in [0.2, 0.25) is 0 Å². The van der Waals surface area contributed by atoms with E-state index in [0.29, 0.717) is 5.56 Å². The number of hydrogen-bond donors (Lipinski definition) is 1. The first-order valence-corrected chi connectivity index (χ1v) is 7.19. The molecule has 2 rings (SSSR count). The first kappa shape index (κ1) is 14.4.